The highest BCUT2D eigenvalue weighted by Gasteiger charge is 2.17. The molecule has 2 N–H and O–H groups in total. The minimum atomic E-state index is 0.638. The van der Waals surface area contributed by atoms with E-state index in [0.29, 0.717) is 16.5 Å². The molecule has 3 rings (SSSR count). The molecule has 0 bridgehead atoms. The fourth-order valence-electron chi connectivity index (χ4n) is 2.87. The van der Waals surface area contributed by atoms with Gasteiger partial charge < -0.3 is 5.73 Å². The number of nitrogen functional groups attached to an aromatic ring is 1. The van der Waals surface area contributed by atoms with Crippen LogP contribution in [-0.4, -0.2) is 20.2 Å². The van der Waals surface area contributed by atoms with Crippen molar-refractivity contribution in [2.75, 3.05) is 5.73 Å². The van der Waals surface area contributed by atoms with Gasteiger partial charge in [0.1, 0.15) is 0 Å². The van der Waals surface area contributed by atoms with E-state index in [0.717, 1.165) is 24.4 Å². The summed E-state index contributed by atoms with van der Waals surface area (Å²) in [4.78, 5) is 0. The van der Waals surface area contributed by atoms with Crippen LogP contribution >= 0.6 is 11.6 Å². The van der Waals surface area contributed by atoms with Crippen molar-refractivity contribution in [3.05, 3.63) is 23.2 Å². The first-order chi connectivity index (χ1) is 9.74. The van der Waals surface area contributed by atoms with Gasteiger partial charge in [0, 0.05) is 22.8 Å². The van der Waals surface area contributed by atoms with Gasteiger partial charge in [-0.1, -0.05) is 37.3 Å². The minimum Gasteiger partial charge on any atom is -0.398 e. The number of aryl methyl sites for hydroxylation is 1. The van der Waals surface area contributed by atoms with Crippen LogP contribution in [0.5, 0.6) is 0 Å². The van der Waals surface area contributed by atoms with Gasteiger partial charge in [0.25, 0.3) is 0 Å². The Morgan fingerprint density at radius 3 is 2.90 bits per heavy atom. The summed E-state index contributed by atoms with van der Waals surface area (Å²) in [6, 6.07) is 5.37. The molecule has 0 spiro atoms. The number of rotatable bonds is 4. The summed E-state index contributed by atoms with van der Waals surface area (Å²) in [5, 5.41) is 12.6. The van der Waals surface area contributed by atoms with Crippen molar-refractivity contribution in [3.63, 3.8) is 0 Å². The molecule has 0 saturated heterocycles. The van der Waals surface area contributed by atoms with Crippen molar-refractivity contribution in [2.45, 2.75) is 38.6 Å². The molecule has 1 aromatic carbocycles. The number of aromatic nitrogens is 4. The summed E-state index contributed by atoms with van der Waals surface area (Å²) < 4.78 is 1.83. The summed E-state index contributed by atoms with van der Waals surface area (Å²) in [6.07, 6.45) is 6.49. The number of anilines is 1. The molecule has 1 heterocycles. The molecule has 6 heteroatoms. The Bertz CT molecular complexity index is 589. The van der Waals surface area contributed by atoms with E-state index in [1.807, 2.05) is 10.7 Å². The van der Waals surface area contributed by atoms with Crippen LogP contribution in [0, 0.1) is 5.92 Å². The second-order valence-electron chi connectivity index (χ2n) is 5.40. The fraction of sp³-hybridized carbons (Fsp3) is 0.500. The lowest BCUT2D eigenvalue weighted by Gasteiger charge is -2.10. The predicted molar refractivity (Wildman–Crippen MR) is 79.3 cm³/mol. The third-order valence-electron chi connectivity index (χ3n) is 4.01. The molecule has 106 valence electrons. The number of benzene rings is 1. The smallest absolute Gasteiger partial charge is 0.184 e. The molecule has 1 saturated carbocycles. The van der Waals surface area contributed by atoms with Crippen LogP contribution in [0.1, 0.15) is 32.1 Å². The zero-order valence-corrected chi connectivity index (χ0v) is 12.1. The number of hydrogen-bond donors (Lipinski definition) is 1. The average molecular weight is 292 g/mol. The molecule has 0 atom stereocenters. The molecule has 2 aromatic rings. The molecule has 1 aliphatic rings. The van der Waals surface area contributed by atoms with Crippen LogP contribution in [0.3, 0.4) is 0 Å². The molecule has 1 aromatic heterocycles. The van der Waals surface area contributed by atoms with Gasteiger partial charge in [0.2, 0.25) is 0 Å². The van der Waals surface area contributed by atoms with Gasteiger partial charge in [-0.15, -0.1) is 5.10 Å². The highest BCUT2D eigenvalue weighted by molar-refractivity contribution is 6.31. The van der Waals surface area contributed by atoms with Crippen molar-refractivity contribution < 1.29 is 0 Å². The first-order valence-corrected chi connectivity index (χ1v) is 7.43. The van der Waals surface area contributed by atoms with Crippen LogP contribution in [0.25, 0.3) is 11.4 Å². The number of halogens is 1. The topological polar surface area (TPSA) is 69.6 Å². The molecule has 1 fully saturated rings. The van der Waals surface area contributed by atoms with Crippen molar-refractivity contribution in [1.82, 2.24) is 20.2 Å². The van der Waals surface area contributed by atoms with E-state index in [-0.39, 0.29) is 0 Å². The maximum atomic E-state index is 6.03. The van der Waals surface area contributed by atoms with Gasteiger partial charge in [0.05, 0.1) is 0 Å². The van der Waals surface area contributed by atoms with Gasteiger partial charge in [-0.25, -0.2) is 4.68 Å². The lowest BCUT2D eigenvalue weighted by molar-refractivity contribution is 0.436. The van der Waals surface area contributed by atoms with E-state index in [1.165, 1.54) is 25.7 Å². The van der Waals surface area contributed by atoms with Crippen LogP contribution < -0.4 is 5.73 Å². The van der Waals surface area contributed by atoms with Gasteiger partial charge in [0.15, 0.2) is 5.82 Å². The van der Waals surface area contributed by atoms with Crippen molar-refractivity contribution in [2.24, 2.45) is 5.92 Å². The first kappa shape index (κ1) is 13.4. The maximum Gasteiger partial charge on any atom is 0.184 e. The summed E-state index contributed by atoms with van der Waals surface area (Å²) in [7, 11) is 0. The predicted octanol–water partition coefficient (Wildman–Crippen LogP) is 3.16. The van der Waals surface area contributed by atoms with Crippen molar-refractivity contribution >= 4 is 17.3 Å². The largest absolute Gasteiger partial charge is 0.398 e. The highest BCUT2D eigenvalue weighted by Crippen LogP contribution is 2.30. The van der Waals surface area contributed by atoms with E-state index in [9.17, 15) is 0 Å². The summed E-state index contributed by atoms with van der Waals surface area (Å²) in [6.45, 7) is 0.832. The Kier molecular flexibility index (Phi) is 3.87. The third-order valence-corrected chi connectivity index (χ3v) is 4.25. The standard InChI is InChI=1S/C14H18ClN5/c15-11-5-6-13(16)12(9-11)14-17-18-19-20(14)8-7-10-3-1-2-4-10/h5-6,9-10H,1-4,7-8,16H2. The Hall–Kier alpha value is -1.62. The molecule has 0 radical (unpaired) electrons. The molecular weight excluding hydrogens is 274 g/mol. The van der Waals surface area contributed by atoms with E-state index in [4.69, 9.17) is 17.3 Å². The molecule has 0 aliphatic heterocycles. The van der Waals surface area contributed by atoms with E-state index in [1.54, 1.807) is 12.1 Å². The van der Waals surface area contributed by atoms with Crippen LogP contribution in [-0.2, 0) is 6.54 Å². The Labute approximate surface area is 123 Å². The lowest BCUT2D eigenvalue weighted by atomic mass is 10.0. The zero-order valence-electron chi connectivity index (χ0n) is 11.3. The normalized spacial score (nSPS) is 15.8. The number of tetrazole rings is 1. The van der Waals surface area contributed by atoms with E-state index >= 15 is 0 Å². The number of nitrogens with two attached hydrogens (primary N) is 1. The molecule has 5 nitrogen and oxygen atoms in total. The fourth-order valence-corrected chi connectivity index (χ4v) is 3.05. The second kappa shape index (κ2) is 5.79. The Morgan fingerprint density at radius 1 is 1.30 bits per heavy atom. The maximum absolute atomic E-state index is 6.03. The number of hydrogen-bond acceptors (Lipinski definition) is 4. The minimum absolute atomic E-state index is 0.638. The summed E-state index contributed by atoms with van der Waals surface area (Å²) in [5.41, 5.74) is 7.44. The van der Waals surface area contributed by atoms with E-state index in [2.05, 4.69) is 15.5 Å². The Balaban J connectivity index is 1.80. The van der Waals surface area contributed by atoms with Gasteiger partial charge >= 0.3 is 0 Å². The third kappa shape index (κ3) is 2.77. The lowest BCUT2D eigenvalue weighted by Crippen LogP contribution is -2.07. The van der Waals surface area contributed by atoms with Crippen molar-refractivity contribution in [1.29, 1.82) is 0 Å². The molecule has 0 amide bonds. The van der Waals surface area contributed by atoms with Crippen LogP contribution in [0.2, 0.25) is 5.02 Å². The molecular formula is C14H18ClN5. The second-order valence-corrected chi connectivity index (χ2v) is 5.83. The highest BCUT2D eigenvalue weighted by atomic mass is 35.5. The van der Waals surface area contributed by atoms with E-state index < -0.39 is 0 Å². The monoisotopic (exact) mass is 291 g/mol. The van der Waals surface area contributed by atoms with Crippen LogP contribution in [0.4, 0.5) is 5.69 Å². The van der Waals surface area contributed by atoms with Gasteiger partial charge in [-0.05, 0) is 41.0 Å². The Morgan fingerprint density at radius 2 is 2.10 bits per heavy atom. The van der Waals surface area contributed by atoms with Crippen molar-refractivity contribution in [3.8, 4) is 11.4 Å². The molecule has 1 aliphatic carbocycles. The van der Waals surface area contributed by atoms with Crippen LogP contribution in [0.15, 0.2) is 18.2 Å². The molecule has 0 unspecified atom stereocenters. The first-order valence-electron chi connectivity index (χ1n) is 7.05. The van der Waals surface area contributed by atoms with Gasteiger partial charge in [-0.2, -0.15) is 0 Å². The average Bonchev–Trinajstić information content (AvgIpc) is 3.09. The number of nitrogens with zero attached hydrogens (tertiary/aromatic N) is 4. The molecule has 20 heavy (non-hydrogen) atoms. The SMILES string of the molecule is Nc1ccc(Cl)cc1-c1nnnn1CCC1CCCC1. The quantitative estimate of drug-likeness (QED) is 0.879. The van der Waals surface area contributed by atoms with Gasteiger partial charge in [-0.3, -0.25) is 0 Å². The summed E-state index contributed by atoms with van der Waals surface area (Å²) >= 11 is 6.03. The summed E-state index contributed by atoms with van der Waals surface area (Å²) in [5.74, 6) is 1.51. The zero-order chi connectivity index (χ0) is 13.9.